The Balaban J connectivity index is 2.79. The lowest BCUT2D eigenvalue weighted by molar-refractivity contribution is 0.0735. The minimum absolute atomic E-state index is 0.0468. The van der Waals surface area contributed by atoms with Gasteiger partial charge in [0.05, 0.1) is 0 Å². The lowest BCUT2D eigenvalue weighted by Gasteiger charge is -2.23. The number of aliphatic hydroxyl groups excluding tert-OH is 1. The highest BCUT2D eigenvalue weighted by molar-refractivity contribution is 5.92. The van der Waals surface area contributed by atoms with Crippen LogP contribution in [0, 0.1) is 17.8 Å². The Labute approximate surface area is 120 Å². The molecule has 4 heteroatoms. The van der Waals surface area contributed by atoms with E-state index in [2.05, 4.69) is 30.7 Å². The van der Waals surface area contributed by atoms with Gasteiger partial charge in [0.2, 0.25) is 0 Å². The highest BCUT2D eigenvalue weighted by Gasteiger charge is 2.17. The van der Waals surface area contributed by atoms with E-state index in [4.69, 9.17) is 5.11 Å². The molecule has 108 valence electrons. The van der Waals surface area contributed by atoms with E-state index in [0.717, 1.165) is 13.0 Å². The third kappa shape index (κ3) is 4.67. The van der Waals surface area contributed by atoms with Crippen LogP contribution in [-0.4, -0.2) is 40.6 Å². The molecule has 1 aromatic rings. The molecule has 0 aliphatic rings. The third-order valence-corrected chi connectivity index (χ3v) is 3.19. The summed E-state index contributed by atoms with van der Waals surface area (Å²) < 4.78 is 0. The van der Waals surface area contributed by atoms with Crippen molar-refractivity contribution in [3.63, 3.8) is 0 Å². The molecule has 1 atom stereocenters. The average Bonchev–Trinajstić information content (AvgIpc) is 2.50. The van der Waals surface area contributed by atoms with Gasteiger partial charge in [-0.2, -0.15) is 0 Å². The zero-order valence-corrected chi connectivity index (χ0v) is 12.4. The van der Waals surface area contributed by atoms with E-state index in [1.165, 1.54) is 0 Å². The molecule has 1 aromatic heterocycles. The fourth-order valence-electron chi connectivity index (χ4n) is 1.76. The van der Waals surface area contributed by atoms with Crippen LogP contribution in [0.5, 0.6) is 0 Å². The van der Waals surface area contributed by atoms with Crippen molar-refractivity contribution >= 4 is 5.91 Å². The second kappa shape index (κ2) is 8.34. The van der Waals surface area contributed by atoms with Crippen molar-refractivity contribution in [1.82, 2.24) is 9.88 Å². The van der Waals surface area contributed by atoms with Gasteiger partial charge in [-0.3, -0.25) is 4.79 Å². The monoisotopic (exact) mass is 274 g/mol. The summed E-state index contributed by atoms with van der Waals surface area (Å²) in [4.78, 5) is 18.3. The van der Waals surface area contributed by atoms with Crippen molar-refractivity contribution in [3.8, 4) is 11.8 Å². The molecule has 0 radical (unpaired) electrons. The van der Waals surface area contributed by atoms with E-state index in [-0.39, 0.29) is 12.5 Å². The van der Waals surface area contributed by atoms with Crippen molar-refractivity contribution in [2.24, 2.45) is 5.92 Å². The first kappa shape index (κ1) is 16.2. The molecular formula is C16H22N2O2. The Morgan fingerprint density at radius 3 is 2.70 bits per heavy atom. The largest absolute Gasteiger partial charge is 0.384 e. The zero-order valence-electron chi connectivity index (χ0n) is 12.4. The molecule has 1 heterocycles. The van der Waals surface area contributed by atoms with Gasteiger partial charge in [0.15, 0.2) is 0 Å². The van der Waals surface area contributed by atoms with Gasteiger partial charge >= 0.3 is 0 Å². The van der Waals surface area contributed by atoms with Gasteiger partial charge in [0.25, 0.3) is 5.91 Å². The number of hydrogen-bond donors (Lipinski definition) is 1. The Kier molecular flexibility index (Phi) is 6.75. The van der Waals surface area contributed by atoms with Crippen LogP contribution in [-0.2, 0) is 0 Å². The first-order valence-electron chi connectivity index (χ1n) is 6.97. The molecule has 1 unspecified atom stereocenters. The van der Waals surface area contributed by atoms with E-state index >= 15 is 0 Å². The SMILES string of the molecule is CCC(C)CN(CC)C(=O)c1ccc(C#CCO)cn1. The van der Waals surface area contributed by atoms with Crippen molar-refractivity contribution < 1.29 is 9.90 Å². The molecule has 0 saturated carbocycles. The summed E-state index contributed by atoms with van der Waals surface area (Å²) in [6.45, 7) is 7.48. The standard InChI is InChI=1S/C16H22N2O2/c1-4-13(3)12-18(5-2)16(20)15-9-8-14(11-17-15)7-6-10-19/h8-9,11,13,19H,4-5,10,12H2,1-3H3. The maximum atomic E-state index is 12.3. The molecule has 0 aliphatic heterocycles. The normalized spacial score (nSPS) is 11.4. The maximum Gasteiger partial charge on any atom is 0.272 e. The summed E-state index contributed by atoms with van der Waals surface area (Å²) in [5.41, 5.74) is 1.13. The first-order valence-corrected chi connectivity index (χ1v) is 6.97. The zero-order chi connectivity index (χ0) is 15.0. The van der Waals surface area contributed by atoms with E-state index in [9.17, 15) is 4.79 Å². The summed E-state index contributed by atoms with van der Waals surface area (Å²) >= 11 is 0. The smallest absolute Gasteiger partial charge is 0.272 e. The summed E-state index contributed by atoms with van der Waals surface area (Å²) in [6, 6.07) is 3.43. The number of aromatic nitrogens is 1. The Bertz CT molecular complexity index is 485. The topological polar surface area (TPSA) is 53.4 Å². The van der Waals surface area contributed by atoms with Crippen molar-refractivity contribution in [2.45, 2.75) is 27.2 Å². The molecule has 1 N–H and O–H groups in total. The number of hydrogen-bond acceptors (Lipinski definition) is 3. The number of nitrogens with zero attached hydrogens (tertiary/aromatic N) is 2. The van der Waals surface area contributed by atoms with Crippen LogP contribution in [0.4, 0.5) is 0 Å². The van der Waals surface area contributed by atoms with Crippen LogP contribution < -0.4 is 0 Å². The lowest BCUT2D eigenvalue weighted by Crippen LogP contribution is -2.35. The molecule has 20 heavy (non-hydrogen) atoms. The number of carbonyl (C=O) groups is 1. The van der Waals surface area contributed by atoms with Crippen LogP contribution in [0.1, 0.15) is 43.2 Å². The average molecular weight is 274 g/mol. The van der Waals surface area contributed by atoms with E-state index in [1.807, 2.05) is 11.8 Å². The quantitative estimate of drug-likeness (QED) is 0.835. The third-order valence-electron chi connectivity index (χ3n) is 3.19. The summed E-state index contributed by atoms with van der Waals surface area (Å²) in [5, 5.41) is 8.63. The Morgan fingerprint density at radius 2 is 2.20 bits per heavy atom. The molecule has 4 nitrogen and oxygen atoms in total. The van der Waals surface area contributed by atoms with Crippen molar-refractivity contribution in [1.29, 1.82) is 0 Å². The second-order valence-electron chi connectivity index (χ2n) is 4.75. The van der Waals surface area contributed by atoms with Crippen molar-refractivity contribution in [2.75, 3.05) is 19.7 Å². The van der Waals surface area contributed by atoms with Gasteiger partial charge in [0, 0.05) is 24.8 Å². The van der Waals surface area contributed by atoms with Crippen LogP contribution in [0.2, 0.25) is 0 Å². The molecule has 0 spiro atoms. The predicted octanol–water partition coefficient (Wildman–Crippen LogP) is 1.93. The van der Waals surface area contributed by atoms with Crippen LogP contribution in [0.25, 0.3) is 0 Å². The first-order chi connectivity index (χ1) is 9.62. The molecule has 0 fully saturated rings. The lowest BCUT2D eigenvalue weighted by atomic mass is 10.1. The highest BCUT2D eigenvalue weighted by Crippen LogP contribution is 2.08. The van der Waals surface area contributed by atoms with Gasteiger partial charge < -0.3 is 10.0 Å². The van der Waals surface area contributed by atoms with Gasteiger partial charge in [0.1, 0.15) is 12.3 Å². The molecular weight excluding hydrogens is 252 g/mol. The van der Waals surface area contributed by atoms with Gasteiger partial charge in [-0.1, -0.05) is 32.1 Å². The molecule has 1 amide bonds. The van der Waals surface area contributed by atoms with Gasteiger partial charge in [-0.05, 0) is 25.0 Å². The number of rotatable bonds is 5. The number of amides is 1. The predicted molar refractivity (Wildman–Crippen MR) is 79.2 cm³/mol. The summed E-state index contributed by atoms with van der Waals surface area (Å²) in [6.07, 6.45) is 2.61. The number of carbonyl (C=O) groups excluding carboxylic acids is 1. The highest BCUT2D eigenvalue weighted by atomic mass is 16.2. The van der Waals surface area contributed by atoms with Crippen molar-refractivity contribution in [3.05, 3.63) is 29.6 Å². The van der Waals surface area contributed by atoms with E-state index in [0.29, 0.717) is 23.7 Å². The summed E-state index contributed by atoms with van der Waals surface area (Å²) in [7, 11) is 0. The molecule has 0 aliphatic carbocycles. The fourth-order valence-corrected chi connectivity index (χ4v) is 1.76. The Morgan fingerprint density at radius 1 is 1.45 bits per heavy atom. The number of pyridine rings is 1. The van der Waals surface area contributed by atoms with Crippen LogP contribution >= 0.6 is 0 Å². The molecule has 0 saturated heterocycles. The Hall–Kier alpha value is -1.86. The maximum absolute atomic E-state index is 12.3. The molecule has 1 rings (SSSR count). The summed E-state index contributed by atoms with van der Waals surface area (Å²) in [5.74, 6) is 5.74. The molecule has 0 aromatic carbocycles. The van der Waals surface area contributed by atoms with E-state index < -0.39 is 0 Å². The van der Waals surface area contributed by atoms with Gasteiger partial charge in [-0.25, -0.2) is 4.98 Å². The van der Waals surface area contributed by atoms with Crippen LogP contribution in [0.15, 0.2) is 18.3 Å². The second-order valence-corrected chi connectivity index (χ2v) is 4.75. The minimum atomic E-state index is -0.181. The fraction of sp³-hybridized carbons (Fsp3) is 0.500. The number of aliphatic hydroxyl groups is 1. The van der Waals surface area contributed by atoms with Gasteiger partial charge in [-0.15, -0.1) is 0 Å². The molecule has 0 bridgehead atoms. The van der Waals surface area contributed by atoms with E-state index in [1.54, 1.807) is 18.3 Å². The minimum Gasteiger partial charge on any atom is -0.384 e. The van der Waals surface area contributed by atoms with Crippen LogP contribution in [0.3, 0.4) is 0 Å².